The second kappa shape index (κ2) is 7.73. The van der Waals surface area contributed by atoms with Crippen LogP contribution in [0.2, 0.25) is 0 Å². The van der Waals surface area contributed by atoms with Crippen molar-refractivity contribution in [3.63, 3.8) is 0 Å². The molecule has 1 amide bonds. The highest BCUT2D eigenvalue weighted by atomic mass is 16.5. The zero-order valence-corrected chi connectivity index (χ0v) is 16.1. The standard InChI is InChI=1S/C25H23NO2/c1-18-24(20-11-7-4-8-12-20)23(19-9-5-3-6-10-19)17-26(25(18)27)21-13-15-22(28-2)16-14-21/h3-18,24H,1-2H3/t18-,24-/m0/s1. The van der Waals surface area contributed by atoms with Crippen molar-refractivity contribution < 1.29 is 9.53 Å². The Bertz CT molecular complexity index is 978. The predicted octanol–water partition coefficient (Wildman–Crippen LogP) is 5.50. The van der Waals surface area contributed by atoms with Gasteiger partial charge in [-0.2, -0.15) is 0 Å². The highest BCUT2D eigenvalue weighted by molar-refractivity contribution is 6.03. The molecular weight excluding hydrogens is 346 g/mol. The van der Waals surface area contributed by atoms with Crippen LogP contribution in [-0.4, -0.2) is 13.0 Å². The van der Waals surface area contributed by atoms with Gasteiger partial charge in [0.25, 0.3) is 0 Å². The van der Waals surface area contributed by atoms with Crippen LogP contribution in [0, 0.1) is 5.92 Å². The van der Waals surface area contributed by atoms with Gasteiger partial charge in [-0.15, -0.1) is 0 Å². The topological polar surface area (TPSA) is 29.5 Å². The van der Waals surface area contributed by atoms with Crippen LogP contribution in [0.3, 0.4) is 0 Å². The van der Waals surface area contributed by atoms with Gasteiger partial charge < -0.3 is 4.74 Å². The first kappa shape index (κ1) is 18.1. The number of carbonyl (C=O) groups is 1. The van der Waals surface area contributed by atoms with Crippen molar-refractivity contribution in [3.05, 3.63) is 102 Å². The lowest BCUT2D eigenvalue weighted by atomic mass is 9.76. The molecule has 0 saturated heterocycles. The van der Waals surface area contributed by atoms with Gasteiger partial charge in [-0.3, -0.25) is 9.69 Å². The molecule has 1 aliphatic rings. The van der Waals surface area contributed by atoms with Crippen molar-refractivity contribution in [1.29, 1.82) is 0 Å². The molecule has 0 aromatic heterocycles. The summed E-state index contributed by atoms with van der Waals surface area (Å²) in [7, 11) is 1.64. The van der Waals surface area contributed by atoms with Crippen molar-refractivity contribution in [1.82, 2.24) is 0 Å². The average Bonchev–Trinajstić information content (AvgIpc) is 2.77. The Labute approximate surface area is 165 Å². The van der Waals surface area contributed by atoms with Crippen LogP contribution >= 0.6 is 0 Å². The second-order valence-corrected chi connectivity index (χ2v) is 7.03. The molecule has 0 fully saturated rings. The van der Waals surface area contributed by atoms with E-state index in [4.69, 9.17) is 4.74 Å². The molecule has 0 saturated carbocycles. The fourth-order valence-corrected chi connectivity index (χ4v) is 3.87. The van der Waals surface area contributed by atoms with Crippen LogP contribution in [-0.2, 0) is 4.79 Å². The monoisotopic (exact) mass is 369 g/mol. The van der Waals surface area contributed by atoms with Crippen LogP contribution in [0.4, 0.5) is 5.69 Å². The molecule has 140 valence electrons. The number of ether oxygens (including phenoxy) is 1. The van der Waals surface area contributed by atoms with E-state index in [-0.39, 0.29) is 17.7 Å². The van der Waals surface area contributed by atoms with Gasteiger partial charge in [0, 0.05) is 23.7 Å². The quantitative estimate of drug-likeness (QED) is 0.607. The number of methoxy groups -OCH3 is 1. The number of anilines is 1. The maximum atomic E-state index is 13.3. The van der Waals surface area contributed by atoms with Gasteiger partial charge in [-0.25, -0.2) is 0 Å². The van der Waals surface area contributed by atoms with Crippen molar-refractivity contribution in [2.24, 2.45) is 5.92 Å². The van der Waals surface area contributed by atoms with E-state index < -0.39 is 0 Å². The number of carbonyl (C=O) groups excluding carboxylic acids is 1. The summed E-state index contributed by atoms with van der Waals surface area (Å²) < 4.78 is 5.25. The van der Waals surface area contributed by atoms with E-state index in [1.165, 1.54) is 0 Å². The van der Waals surface area contributed by atoms with Crippen LogP contribution in [0.25, 0.3) is 5.57 Å². The predicted molar refractivity (Wildman–Crippen MR) is 113 cm³/mol. The molecule has 0 aliphatic carbocycles. The Morgan fingerprint density at radius 2 is 1.43 bits per heavy atom. The summed E-state index contributed by atoms with van der Waals surface area (Å²) in [4.78, 5) is 15.1. The molecule has 0 bridgehead atoms. The van der Waals surface area contributed by atoms with E-state index in [9.17, 15) is 4.79 Å². The van der Waals surface area contributed by atoms with Gasteiger partial charge in [0.15, 0.2) is 0 Å². The molecule has 1 heterocycles. The highest BCUT2D eigenvalue weighted by Crippen LogP contribution is 2.43. The maximum absolute atomic E-state index is 13.3. The Balaban J connectivity index is 1.84. The minimum absolute atomic E-state index is 0.0191. The van der Waals surface area contributed by atoms with Crippen LogP contribution in [0.15, 0.2) is 91.1 Å². The number of nitrogens with zero attached hydrogens (tertiary/aromatic N) is 1. The third-order valence-corrected chi connectivity index (χ3v) is 5.35. The van der Waals surface area contributed by atoms with Gasteiger partial charge in [0.1, 0.15) is 5.75 Å². The molecular formula is C25H23NO2. The fourth-order valence-electron chi connectivity index (χ4n) is 3.87. The summed E-state index contributed by atoms with van der Waals surface area (Å²) in [6, 6.07) is 28.2. The van der Waals surface area contributed by atoms with E-state index >= 15 is 0 Å². The van der Waals surface area contributed by atoms with Crippen LogP contribution < -0.4 is 9.64 Å². The lowest BCUT2D eigenvalue weighted by molar-refractivity contribution is -0.121. The van der Waals surface area contributed by atoms with Crippen LogP contribution in [0.5, 0.6) is 5.75 Å². The summed E-state index contributed by atoms with van der Waals surface area (Å²) in [6.07, 6.45) is 2.00. The Hall–Kier alpha value is -3.33. The fraction of sp³-hybridized carbons (Fsp3) is 0.160. The number of amides is 1. The first-order chi connectivity index (χ1) is 13.7. The van der Waals surface area contributed by atoms with Crippen LogP contribution in [0.1, 0.15) is 24.0 Å². The van der Waals surface area contributed by atoms with E-state index in [0.29, 0.717) is 0 Å². The van der Waals surface area contributed by atoms with Gasteiger partial charge in [-0.05, 0) is 41.0 Å². The lowest BCUT2D eigenvalue weighted by Gasteiger charge is -2.36. The van der Waals surface area contributed by atoms with Crippen molar-refractivity contribution >= 4 is 17.2 Å². The third kappa shape index (κ3) is 3.31. The zero-order chi connectivity index (χ0) is 19.5. The Kier molecular flexibility index (Phi) is 4.98. The number of hydrogen-bond donors (Lipinski definition) is 0. The smallest absolute Gasteiger partial charge is 0.234 e. The van der Waals surface area contributed by atoms with E-state index in [1.54, 1.807) is 12.0 Å². The van der Waals surface area contributed by atoms with Gasteiger partial charge >= 0.3 is 0 Å². The average molecular weight is 369 g/mol. The molecule has 3 nitrogen and oxygen atoms in total. The Morgan fingerprint density at radius 3 is 2.04 bits per heavy atom. The summed E-state index contributed by atoms with van der Waals surface area (Å²) >= 11 is 0. The van der Waals surface area contributed by atoms with E-state index in [1.807, 2.05) is 73.8 Å². The van der Waals surface area contributed by atoms with Gasteiger partial charge in [-0.1, -0.05) is 67.6 Å². The molecule has 3 heteroatoms. The number of rotatable bonds is 4. The third-order valence-electron chi connectivity index (χ3n) is 5.35. The molecule has 1 aliphatic heterocycles. The second-order valence-electron chi connectivity index (χ2n) is 7.03. The van der Waals surface area contributed by atoms with E-state index in [2.05, 4.69) is 24.3 Å². The normalized spacial score (nSPS) is 19.3. The SMILES string of the molecule is COc1ccc(N2C=C(c3ccccc3)[C@H](c3ccccc3)[C@H](C)C2=O)cc1. The molecule has 4 rings (SSSR count). The summed E-state index contributed by atoms with van der Waals surface area (Å²) in [5, 5.41) is 0. The summed E-state index contributed by atoms with van der Waals surface area (Å²) in [5.74, 6) is 0.713. The minimum Gasteiger partial charge on any atom is -0.497 e. The summed E-state index contributed by atoms with van der Waals surface area (Å²) in [6.45, 7) is 2.02. The highest BCUT2D eigenvalue weighted by Gasteiger charge is 2.36. The molecule has 3 aromatic rings. The molecule has 28 heavy (non-hydrogen) atoms. The first-order valence-corrected chi connectivity index (χ1v) is 9.48. The lowest BCUT2D eigenvalue weighted by Crippen LogP contribution is -2.38. The van der Waals surface area contributed by atoms with Gasteiger partial charge in [0.2, 0.25) is 5.91 Å². The number of hydrogen-bond acceptors (Lipinski definition) is 2. The Morgan fingerprint density at radius 1 is 0.821 bits per heavy atom. The zero-order valence-electron chi connectivity index (χ0n) is 16.1. The van der Waals surface area contributed by atoms with Gasteiger partial charge in [0.05, 0.1) is 7.11 Å². The number of benzene rings is 3. The molecule has 0 N–H and O–H groups in total. The molecule has 0 spiro atoms. The van der Waals surface area contributed by atoms with Crippen molar-refractivity contribution in [2.45, 2.75) is 12.8 Å². The number of allylic oxidation sites excluding steroid dienone is 1. The maximum Gasteiger partial charge on any atom is 0.234 e. The molecule has 0 radical (unpaired) electrons. The largest absolute Gasteiger partial charge is 0.497 e. The minimum atomic E-state index is -0.176. The van der Waals surface area contributed by atoms with Crippen molar-refractivity contribution in [3.8, 4) is 5.75 Å². The molecule has 0 unspecified atom stereocenters. The first-order valence-electron chi connectivity index (χ1n) is 9.48. The summed E-state index contributed by atoms with van der Waals surface area (Å²) in [5.41, 5.74) is 4.29. The van der Waals surface area contributed by atoms with E-state index in [0.717, 1.165) is 28.1 Å². The van der Waals surface area contributed by atoms with Crippen molar-refractivity contribution in [2.75, 3.05) is 12.0 Å². The molecule has 3 aromatic carbocycles. The molecule has 2 atom stereocenters.